The van der Waals surface area contributed by atoms with Gasteiger partial charge in [0.05, 0.1) is 12.2 Å². The van der Waals surface area contributed by atoms with Crippen LogP contribution in [-0.2, 0) is 0 Å². The van der Waals surface area contributed by atoms with Crippen LogP contribution in [0.5, 0.6) is 5.75 Å². The summed E-state index contributed by atoms with van der Waals surface area (Å²) in [6.07, 6.45) is 0. The molecule has 0 bridgehead atoms. The van der Waals surface area contributed by atoms with Gasteiger partial charge in [-0.3, -0.25) is 4.79 Å². The van der Waals surface area contributed by atoms with Gasteiger partial charge in [0.1, 0.15) is 5.75 Å². The average molecular weight is 285 g/mol. The lowest BCUT2D eigenvalue weighted by molar-refractivity contribution is 0.101. The number of hydrogen-bond acceptors (Lipinski definition) is 2. The molecule has 0 radical (unpaired) electrons. The van der Waals surface area contributed by atoms with Crippen molar-refractivity contribution in [3.63, 3.8) is 0 Å². The predicted molar refractivity (Wildman–Crippen MR) is 69.6 cm³/mol. The lowest BCUT2D eigenvalue weighted by Crippen LogP contribution is -2.11. The predicted octanol–water partition coefficient (Wildman–Crippen LogP) is 3.61. The van der Waals surface area contributed by atoms with Crippen molar-refractivity contribution in [3.05, 3.63) is 29.3 Å². The van der Waals surface area contributed by atoms with Gasteiger partial charge in [-0.25, -0.2) is 0 Å². The SMILES string of the molecule is CC(=O)c1cc(C)ccc1OCC(C)CBr. The molecule has 88 valence electrons. The van der Waals surface area contributed by atoms with Gasteiger partial charge in [0, 0.05) is 5.33 Å². The molecule has 1 rings (SSSR count). The van der Waals surface area contributed by atoms with E-state index in [0.717, 1.165) is 10.9 Å². The van der Waals surface area contributed by atoms with Gasteiger partial charge in [0.2, 0.25) is 0 Å². The lowest BCUT2D eigenvalue weighted by Gasteiger charge is -2.13. The number of carbonyl (C=O) groups excluding carboxylic acids is 1. The standard InChI is InChI=1S/C13H17BrO2/c1-9-4-5-13(12(6-9)11(3)15)16-8-10(2)7-14/h4-6,10H,7-8H2,1-3H3. The Balaban J connectivity index is 2.82. The summed E-state index contributed by atoms with van der Waals surface area (Å²) < 4.78 is 5.66. The summed E-state index contributed by atoms with van der Waals surface area (Å²) in [6, 6.07) is 5.70. The Bertz CT molecular complexity index is 374. The van der Waals surface area contributed by atoms with Crippen LogP contribution in [0.15, 0.2) is 18.2 Å². The number of benzene rings is 1. The van der Waals surface area contributed by atoms with Crippen LogP contribution in [0.3, 0.4) is 0 Å². The van der Waals surface area contributed by atoms with Crippen molar-refractivity contribution in [1.82, 2.24) is 0 Å². The van der Waals surface area contributed by atoms with Gasteiger partial charge in [-0.05, 0) is 31.9 Å². The Labute approximate surface area is 105 Å². The van der Waals surface area contributed by atoms with Gasteiger partial charge >= 0.3 is 0 Å². The Morgan fingerprint density at radius 1 is 1.50 bits per heavy atom. The fourth-order valence-corrected chi connectivity index (χ4v) is 1.51. The summed E-state index contributed by atoms with van der Waals surface area (Å²) in [5.41, 5.74) is 1.74. The number of ketones is 1. The van der Waals surface area contributed by atoms with E-state index in [1.807, 2.05) is 25.1 Å². The zero-order valence-corrected chi connectivity index (χ0v) is 11.5. The Hall–Kier alpha value is -0.830. The monoisotopic (exact) mass is 284 g/mol. The second kappa shape index (κ2) is 6.04. The third kappa shape index (κ3) is 3.63. The molecule has 0 heterocycles. The van der Waals surface area contributed by atoms with Crippen molar-refractivity contribution >= 4 is 21.7 Å². The number of Topliss-reactive ketones (excluding diaryl/α,β-unsaturated/α-hetero) is 1. The highest BCUT2D eigenvalue weighted by Gasteiger charge is 2.09. The van der Waals surface area contributed by atoms with Crippen molar-refractivity contribution in [1.29, 1.82) is 0 Å². The van der Waals surface area contributed by atoms with Crippen molar-refractivity contribution in [2.45, 2.75) is 20.8 Å². The summed E-state index contributed by atoms with van der Waals surface area (Å²) in [4.78, 5) is 11.4. The quantitative estimate of drug-likeness (QED) is 0.610. The second-order valence-electron chi connectivity index (χ2n) is 4.13. The highest BCUT2D eigenvalue weighted by Crippen LogP contribution is 2.21. The van der Waals surface area contributed by atoms with Crippen molar-refractivity contribution in [3.8, 4) is 5.75 Å². The van der Waals surface area contributed by atoms with E-state index in [9.17, 15) is 4.79 Å². The van der Waals surface area contributed by atoms with Gasteiger partial charge in [0.15, 0.2) is 5.78 Å². The van der Waals surface area contributed by atoms with Crippen molar-refractivity contribution in [2.75, 3.05) is 11.9 Å². The molecular formula is C13H17BrO2. The van der Waals surface area contributed by atoms with E-state index in [2.05, 4.69) is 22.9 Å². The summed E-state index contributed by atoms with van der Waals surface area (Å²) in [7, 11) is 0. The van der Waals surface area contributed by atoms with Crippen LogP contribution < -0.4 is 4.74 Å². The van der Waals surface area contributed by atoms with Crippen LogP contribution in [-0.4, -0.2) is 17.7 Å². The first-order valence-electron chi connectivity index (χ1n) is 5.35. The first-order valence-corrected chi connectivity index (χ1v) is 6.47. The number of rotatable bonds is 5. The number of halogens is 1. The van der Waals surface area contributed by atoms with Crippen LogP contribution >= 0.6 is 15.9 Å². The summed E-state index contributed by atoms with van der Waals surface area (Å²) in [5, 5.41) is 0.897. The molecule has 1 atom stereocenters. The molecule has 1 aromatic rings. The van der Waals surface area contributed by atoms with E-state index < -0.39 is 0 Å². The molecule has 0 amide bonds. The largest absolute Gasteiger partial charge is 0.493 e. The normalized spacial score (nSPS) is 12.2. The van der Waals surface area contributed by atoms with E-state index in [4.69, 9.17) is 4.74 Å². The zero-order valence-electron chi connectivity index (χ0n) is 9.92. The minimum atomic E-state index is 0.0465. The second-order valence-corrected chi connectivity index (χ2v) is 4.77. The van der Waals surface area contributed by atoms with Crippen LogP contribution in [0.4, 0.5) is 0 Å². The molecule has 0 saturated carbocycles. The van der Waals surface area contributed by atoms with Gasteiger partial charge in [-0.2, -0.15) is 0 Å². The summed E-state index contributed by atoms with van der Waals surface area (Å²) in [5.74, 6) is 1.16. The minimum Gasteiger partial charge on any atom is -0.493 e. The van der Waals surface area contributed by atoms with Gasteiger partial charge in [0.25, 0.3) is 0 Å². The lowest BCUT2D eigenvalue weighted by atomic mass is 10.1. The summed E-state index contributed by atoms with van der Waals surface area (Å²) >= 11 is 3.40. The van der Waals surface area contributed by atoms with E-state index in [0.29, 0.717) is 23.8 Å². The first-order chi connectivity index (χ1) is 7.54. The zero-order chi connectivity index (χ0) is 12.1. The summed E-state index contributed by atoms with van der Waals surface area (Å²) in [6.45, 7) is 6.25. The molecule has 0 fully saturated rings. The Morgan fingerprint density at radius 3 is 2.75 bits per heavy atom. The maximum absolute atomic E-state index is 11.4. The molecule has 1 unspecified atom stereocenters. The van der Waals surface area contributed by atoms with Crippen LogP contribution in [0.1, 0.15) is 29.8 Å². The van der Waals surface area contributed by atoms with Gasteiger partial charge in [-0.1, -0.05) is 34.5 Å². The van der Waals surface area contributed by atoms with E-state index in [1.165, 1.54) is 0 Å². The first kappa shape index (κ1) is 13.2. The smallest absolute Gasteiger partial charge is 0.163 e. The average Bonchev–Trinajstić information content (AvgIpc) is 2.26. The minimum absolute atomic E-state index is 0.0465. The van der Waals surface area contributed by atoms with Crippen LogP contribution in [0.25, 0.3) is 0 Å². The van der Waals surface area contributed by atoms with E-state index in [-0.39, 0.29) is 5.78 Å². The van der Waals surface area contributed by atoms with Crippen molar-refractivity contribution < 1.29 is 9.53 Å². The molecular weight excluding hydrogens is 268 g/mol. The Morgan fingerprint density at radius 2 is 2.19 bits per heavy atom. The third-order valence-electron chi connectivity index (χ3n) is 2.30. The maximum Gasteiger partial charge on any atom is 0.163 e. The topological polar surface area (TPSA) is 26.3 Å². The number of hydrogen-bond donors (Lipinski definition) is 0. The molecule has 0 aliphatic rings. The molecule has 0 aliphatic heterocycles. The number of carbonyl (C=O) groups is 1. The van der Waals surface area contributed by atoms with Gasteiger partial charge in [-0.15, -0.1) is 0 Å². The Kier molecular flexibility index (Phi) is 5.00. The fourth-order valence-electron chi connectivity index (χ4n) is 1.32. The highest BCUT2D eigenvalue weighted by molar-refractivity contribution is 9.09. The van der Waals surface area contributed by atoms with Crippen LogP contribution in [0, 0.1) is 12.8 Å². The maximum atomic E-state index is 11.4. The molecule has 0 saturated heterocycles. The number of ether oxygens (including phenoxy) is 1. The van der Waals surface area contributed by atoms with Crippen LogP contribution in [0.2, 0.25) is 0 Å². The molecule has 0 aromatic heterocycles. The molecule has 0 spiro atoms. The number of aryl methyl sites for hydroxylation is 1. The highest BCUT2D eigenvalue weighted by atomic mass is 79.9. The van der Waals surface area contributed by atoms with E-state index in [1.54, 1.807) is 6.92 Å². The van der Waals surface area contributed by atoms with E-state index >= 15 is 0 Å². The molecule has 3 heteroatoms. The fraction of sp³-hybridized carbons (Fsp3) is 0.462. The number of alkyl halides is 1. The molecule has 0 aliphatic carbocycles. The van der Waals surface area contributed by atoms with Gasteiger partial charge < -0.3 is 4.74 Å². The van der Waals surface area contributed by atoms with Crippen molar-refractivity contribution in [2.24, 2.45) is 5.92 Å². The third-order valence-corrected chi connectivity index (χ3v) is 3.41. The molecule has 2 nitrogen and oxygen atoms in total. The molecule has 16 heavy (non-hydrogen) atoms. The molecule has 1 aromatic carbocycles. The molecule has 0 N–H and O–H groups in total.